The number of nitrogens with zero attached hydrogens (tertiary/aromatic N) is 2. The molecule has 2 heterocycles. The number of alkyl halides is 3. The lowest BCUT2D eigenvalue weighted by molar-refractivity contribution is -0.137. The van der Waals surface area contributed by atoms with Crippen LogP contribution in [0, 0.1) is 0 Å². The number of piperazine rings is 1. The second-order valence-corrected chi connectivity index (χ2v) is 9.51. The number of sulfonamides is 1. The van der Waals surface area contributed by atoms with E-state index in [9.17, 15) is 21.6 Å². The molecule has 1 saturated heterocycles. The third kappa shape index (κ3) is 4.83. The van der Waals surface area contributed by atoms with Gasteiger partial charge in [-0.25, -0.2) is 8.42 Å². The van der Waals surface area contributed by atoms with Gasteiger partial charge in [-0.3, -0.25) is 0 Å². The van der Waals surface area contributed by atoms with Gasteiger partial charge in [-0.05, 0) is 41.9 Å². The van der Waals surface area contributed by atoms with Crippen LogP contribution >= 0.6 is 23.6 Å². The van der Waals surface area contributed by atoms with Gasteiger partial charge in [-0.1, -0.05) is 12.1 Å². The maximum absolute atomic E-state index is 12.9. The number of hydrogen-bond donors (Lipinski definition) is 1. The molecule has 1 fully saturated rings. The molecule has 11 heteroatoms. The summed E-state index contributed by atoms with van der Waals surface area (Å²) in [6, 6.07) is 7.76. The molecule has 152 valence electrons. The van der Waals surface area contributed by atoms with Crippen LogP contribution in [0.4, 0.5) is 13.2 Å². The summed E-state index contributed by atoms with van der Waals surface area (Å²) in [5, 5.41) is 5.64. The van der Waals surface area contributed by atoms with Crippen LogP contribution in [0.25, 0.3) is 0 Å². The molecule has 5 nitrogen and oxygen atoms in total. The number of thiocarbonyl (C=S) groups is 1. The maximum atomic E-state index is 12.9. The topological polar surface area (TPSA) is 52.7 Å². The van der Waals surface area contributed by atoms with Crippen LogP contribution in [-0.4, -0.2) is 48.9 Å². The molecule has 0 spiro atoms. The number of halogens is 3. The normalized spacial score (nSPS) is 16.2. The van der Waals surface area contributed by atoms with E-state index in [4.69, 9.17) is 12.2 Å². The van der Waals surface area contributed by atoms with Gasteiger partial charge in [-0.2, -0.15) is 17.5 Å². The predicted octanol–water partition coefficient (Wildman–Crippen LogP) is 3.15. The minimum absolute atomic E-state index is 0.152. The summed E-state index contributed by atoms with van der Waals surface area (Å²) in [5.41, 5.74) is -0.980. The third-order valence-corrected chi connectivity index (χ3v) is 7.49. The van der Waals surface area contributed by atoms with Crippen molar-refractivity contribution in [3.8, 4) is 0 Å². The summed E-state index contributed by atoms with van der Waals surface area (Å²) in [6.07, 6.45) is -4.59. The molecule has 0 aliphatic carbocycles. The second-order valence-electron chi connectivity index (χ2n) is 6.15. The molecule has 0 unspecified atom stereocenters. The molecular weight excluding hydrogens is 431 g/mol. The van der Waals surface area contributed by atoms with Crippen LogP contribution in [0.15, 0.2) is 46.7 Å². The molecule has 1 aromatic heterocycles. The van der Waals surface area contributed by atoms with Crippen LogP contribution in [0.2, 0.25) is 0 Å². The van der Waals surface area contributed by atoms with Crippen molar-refractivity contribution in [2.75, 3.05) is 26.2 Å². The van der Waals surface area contributed by atoms with Crippen molar-refractivity contribution in [1.82, 2.24) is 14.5 Å². The SMILES string of the molecule is O=S(=O)(c1cccc(C(F)(F)F)c1)N1CCN(C(=S)NCc2cccs2)CC1. The molecule has 0 bridgehead atoms. The second kappa shape index (κ2) is 8.36. The van der Waals surface area contributed by atoms with Crippen LogP contribution in [0.3, 0.4) is 0 Å². The molecule has 0 saturated carbocycles. The number of thiophene rings is 1. The van der Waals surface area contributed by atoms with E-state index >= 15 is 0 Å². The van der Waals surface area contributed by atoms with Gasteiger partial charge in [0.05, 0.1) is 17.0 Å². The summed E-state index contributed by atoms with van der Waals surface area (Å²) in [4.78, 5) is 2.64. The standard InChI is InChI=1S/C17H18F3N3O2S3/c18-17(19,20)13-3-1-5-15(11-13)28(24,25)23-8-6-22(7-9-23)16(26)21-12-14-4-2-10-27-14/h1-5,10-11H,6-9,12H2,(H,21,26). The Kier molecular flexibility index (Phi) is 6.28. The van der Waals surface area contributed by atoms with Gasteiger partial charge in [0.2, 0.25) is 10.0 Å². The van der Waals surface area contributed by atoms with Crippen LogP contribution < -0.4 is 5.32 Å². The fraction of sp³-hybridized carbons (Fsp3) is 0.353. The monoisotopic (exact) mass is 449 g/mol. The Morgan fingerprint density at radius 3 is 2.46 bits per heavy atom. The zero-order valence-electron chi connectivity index (χ0n) is 14.6. The number of hydrogen-bond acceptors (Lipinski definition) is 4. The molecule has 1 aliphatic heterocycles. The van der Waals surface area contributed by atoms with Crippen molar-refractivity contribution >= 4 is 38.7 Å². The van der Waals surface area contributed by atoms with Crippen LogP contribution in [0.1, 0.15) is 10.4 Å². The third-order valence-electron chi connectivity index (χ3n) is 4.32. The Bertz CT molecular complexity index is 923. The van der Waals surface area contributed by atoms with E-state index in [0.717, 1.165) is 17.0 Å². The first kappa shape index (κ1) is 21.0. The van der Waals surface area contributed by atoms with Gasteiger partial charge < -0.3 is 10.2 Å². The van der Waals surface area contributed by atoms with E-state index in [2.05, 4.69) is 5.32 Å². The lowest BCUT2D eigenvalue weighted by Gasteiger charge is -2.35. The first-order chi connectivity index (χ1) is 13.2. The van der Waals surface area contributed by atoms with Gasteiger partial charge in [0.15, 0.2) is 5.11 Å². The lowest BCUT2D eigenvalue weighted by Crippen LogP contribution is -2.52. The Balaban J connectivity index is 1.61. The number of nitrogens with one attached hydrogen (secondary N) is 1. The highest BCUT2D eigenvalue weighted by Crippen LogP contribution is 2.31. The number of rotatable bonds is 4. The molecule has 1 aliphatic rings. The highest BCUT2D eigenvalue weighted by atomic mass is 32.2. The lowest BCUT2D eigenvalue weighted by atomic mass is 10.2. The molecule has 2 aromatic rings. The van der Waals surface area contributed by atoms with E-state index < -0.39 is 21.8 Å². The van der Waals surface area contributed by atoms with Gasteiger partial charge in [-0.15, -0.1) is 11.3 Å². The zero-order chi connectivity index (χ0) is 20.4. The molecule has 1 aromatic carbocycles. The van der Waals surface area contributed by atoms with E-state index in [1.807, 2.05) is 22.4 Å². The molecule has 1 N–H and O–H groups in total. The van der Waals surface area contributed by atoms with Crippen LogP contribution in [-0.2, 0) is 22.7 Å². The fourth-order valence-electron chi connectivity index (χ4n) is 2.80. The van der Waals surface area contributed by atoms with E-state index in [0.29, 0.717) is 30.8 Å². The highest BCUT2D eigenvalue weighted by Gasteiger charge is 2.34. The van der Waals surface area contributed by atoms with Crippen LogP contribution in [0.5, 0.6) is 0 Å². The smallest absolute Gasteiger partial charge is 0.358 e. The molecule has 3 rings (SSSR count). The minimum atomic E-state index is -4.59. The Hall–Kier alpha value is -1.69. The van der Waals surface area contributed by atoms with Crippen molar-refractivity contribution in [2.45, 2.75) is 17.6 Å². The molecule has 0 amide bonds. The van der Waals surface area contributed by atoms with E-state index in [-0.39, 0.29) is 18.0 Å². The fourth-order valence-corrected chi connectivity index (χ4v) is 5.17. The van der Waals surface area contributed by atoms with Gasteiger partial charge >= 0.3 is 6.18 Å². The first-order valence-corrected chi connectivity index (χ1v) is 11.1. The average molecular weight is 450 g/mol. The first-order valence-electron chi connectivity index (χ1n) is 8.40. The molecular formula is C17H18F3N3O2S3. The maximum Gasteiger partial charge on any atom is 0.416 e. The molecule has 0 radical (unpaired) electrons. The summed E-state index contributed by atoms with van der Waals surface area (Å²) >= 11 is 6.96. The summed E-state index contributed by atoms with van der Waals surface area (Å²) < 4.78 is 65.3. The average Bonchev–Trinajstić information content (AvgIpc) is 3.19. The largest absolute Gasteiger partial charge is 0.416 e. The zero-order valence-corrected chi connectivity index (χ0v) is 17.1. The van der Waals surface area contributed by atoms with E-state index in [1.54, 1.807) is 11.3 Å². The summed E-state index contributed by atoms with van der Waals surface area (Å²) in [6.45, 7) is 1.64. The minimum Gasteiger partial charge on any atom is -0.358 e. The van der Waals surface area contributed by atoms with Gasteiger partial charge in [0.1, 0.15) is 0 Å². The Morgan fingerprint density at radius 1 is 1.14 bits per heavy atom. The highest BCUT2D eigenvalue weighted by molar-refractivity contribution is 7.89. The van der Waals surface area contributed by atoms with Crippen molar-refractivity contribution in [3.63, 3.8) is 0 Å². The quantitative estimate of drug-likeness (QED) is 0.727. The number of benzene rings is 1. The van der Waals surface area contributed by atoms with Crippen molar-refractivity contribution in [3.05, 3.63) is 52.2 Å². The van der Waals surface area contributed by atoms with Crippen molar-refractivity contribution < 1.29 is 21.6 Å². The van der Waals surface area contributed by atoms with Gasteiger partial charge in [0.25, 0.3) is 0 Å². The Morgan fingerprint density at radius 2 is 1.86 bits per heavy atom. The summed E-state index contributed by atoms with van der Waals surface area (Å²) in [7, 11) is -4.00. The predicted molar refractivity (Wildman–Crippen MR) is 106 cm³/mol. The molecule has 28 heavy (non-hydrogen) atoms. The summed E-state index contributed by atoms with van der Waals surface area (Å²) in [5.74, 6) is 0. The Labute approximate surface area is 170 Å². The van der Waals surface area contributed by atoms with Crippen molar-refractivity contribution in [1.29, 1.82) is 0 Å². The van der Waals surface area contributed by atoms with Gasteiger partial charge in [0, 0.05) is 31.1 Å². The van der Waals surface area contributed by atoms with Crippen molar-refractivity contribution in [2.24, 2.45) is 0 Å². The van der Waals surface area contributed by atoms with E-state index in [1.165, 1.54) is 10.4 Å². The molecule has 0 atom stereocenters.